The van der Waals surface area contributed by atoms with Gasteiger partial charge in [0.2, 0.25) is 0 Å². The van der Waals surface area contributed by atoms with Crippen molar-refractivity contribution in [3.63, 3.8) is 0 Å². The van der Waals surface area contributed by atoms with Crippen LogP contribution in [-0.4, -0.2) is 21.8 Å². The molecule has 0 unspecified atom stereocenters. The van der Waals surface area contributed by atoms with Crippen molar-refractivity contribution in [1.82, 2.24) is 0 Å². The fourth-order valence-electron chi connectivity index (χ4n) is 0.705. The molecule has 0 aromatic heterocycles. The molecule has 0 fully saturated rings. The first-order valence-electron chi connectivity index (χ1n) is 3.51. The van der Waals surface area contributed by atoms with Gasteiger partial charge in [-0.3, -0.25) is 0 Å². The van der Waals surface area contributed by atoms with Gasteiger partial charge in [0.1, 0.15) is 11.4 Å². The summed E-state index contributed by atoms with van der Waals surface area (Å²) in [7, 11) is 0. The molecular weight excluding hydrogens is 144 g/mol. The van der Waals surface area contributed by atoms with Crippen LogP contribution in [-0.2, 0) is 0 Å². The highest BCUT2D eigenvalue weighted by molar-refractivity contribution is 6.41. The number of hydrogen-bond acceptors (Lipinski definition) is 4. The molecule has 0 saturated heterocycles. The Kier molecular flexibility index (Phi) is 4.26. The third-order valence-electron chi connectivity index (χ3n) is 1.29. The predicted octanol–water partition coefficient (Wildman–Crippen LogP) is 1.71. The summed E-state index contributed by atoms with van der Waals surface area (Å²) in [6.45, 7) is 5.59. The number of rotatable bonds is 3. The summed E-state index contributed by atoms with van der Waals surface area (Å²) in [5.74, 6) is 0.387. The quantitative estimate of drug-likeness (QED) is 0.373. The topological polar surface area (TPSA) is 65.2 Å². The SMILES string of the molecule is CC(=N/O)/C(CC(C)C)=N\O. The van der Waals surface area contributed by atoms with Crippen LogP contribution < -0.4 is 0 Å². The lowest BCUT2D eigenvalue weighted by Crippen LogP contribution is -2.13. The van der Waals surface area contributed by atoms with Gasteiger partial charge in [-0.25, -0.2) is 0 Å². The highest BCUT2D eigenvalue weighted by Crippen LogP contribution is 2.02. The highest BCUT2D eigenvalue weighted by Gasteiger charge is 2.07. The molecule has 4 nitrogen and oxygen atoms in total. The standard InChI is InChI=1S/C7H14N2O2/c1-5(2)4-7(9-11)6(3)8-10/h5,10-11H,4H2,1-3H3/b8-6-,9-7-. The second kappa shape index (κ2) is 4.71. The van der Waals surface area contributed by atoms with Crippen molar-refractivity contribution in [3.8, 4) is 0 Å². The molecule has 0 radical (unpaired) electrons. The average molecular weight is 158 g/mol. The Morgan fingerprint density at radius 1 is 1.27 bits per heavy atom. The smallest absolute Gasteiger partial charge is 0.104 e. The Labute approximate surface area is 66.2 Å². The van der Waals surface area contributed by atoms with Gasteiger partial charge in [-0.2, -0.15) is 0 Å². The Bertz CT molecular complexity index is 173. The van der Waals surface area contributed by atoms with Crippen molar-refractivity contribution in [2.45, 2.75) is 27.2 Å². The summed E-state index contributed by atoms with van der Waals surface area (Å²) < 4.78 is 0. The van der Waals surface area contributed by atoms with Crippen LogP contribution in [0.25, 0.3) is 0 Å². The number of hydrogen-bond donors (Lipinski definition) is 2. The van der Waals surface area contributed by atoms with Crippen LogP contribution in [0.1, 0.15) is 27.2 Å². The van der Waals surface area contributed by atoms with E-state index in [4.69, 9.17) is 10.4 Å². The zero-order valence-corrected chi connectivity index (χ0v) is 7.07. The molecular formula is C7H14N2O2. The normalized spacial score (nSPS) is 14.2. The molecule has 0 aromatic rings. The van der Waals surface area contributed by atoms with Crippen molar-refractivity contribution in [3.05, 3.63) is 0 Å². The van der Waals surface area contributed by atoms with E-state index in [1.165, 1.54) is 0 Å². The molecule has 0 aliphatic heterocycles. The monoisotopic (exact) mass is 158 g/mol. The van der Waals surface area contributed by atoms with Crippen LogP contribution in [0.2, 0.25) is 0 Å². The van der Waals surface area contributed by atoms with Gasteiger partial charge < -0.3 is 10.4 Å². The van der Waals surface area contributed by atoms with Crippen molar-refractivity contribution in [1.29, 1.82) is 0 Å². The minimum atomic E-state index is 0.362. The minimum absolute atomic E-state index is 0.362. The Morgan fingerprint density at radius 2 is 1.82 bits per heavy atom. The molecule has 0 heterocycles. The van der Waals surface area contributed by atoms with E-state index in [-0.39, 0.29) is 0 Å². The largest absolute Gasteiger partial charge is 0.411 e. The van der Waals surface area contributed by atoms with E-state index in [1.54, 1.807) is 6.92 Å². The van der Waals surface area contributed by atoms with Gasteiger partial charge in [-0.1, -0.05) is 24.2 Å². The predicted molar refractivity (Wildman–Crippen MR) is 43.6 cm³/mol. The van der Waals surface area contributed by atoms with Crippen LogP contribution in [0.4, 0.5) is 0 Å². The lowest BCUT2D eigenvalue weighted by molar-refractivity contribution is 0.312. The van der Waals surface area contributed by atoms with Crippen molar-refractivity contribution >= 4 is 11.4 Å². The van der Waals surface area contributed by atoms with Crippen LogP contribution in [0, 0.1) is 5.92 Å². The summed E-state index contributed by atoms with van der Waals surface area (Å²) >= 11 is 0. The van der Waals surface area contributed by atoms with E-state index in [2.05, 4.69) is 10.3 Å². The molecule has 0 amide bonds. The Hall–Kier alpha value is -1.06. The van der Waals surface area contributed by atoms with Crippen molar-refractivity contribution in [2.75, 3.05) is 0 Å². The van der Waals surface area contributed by atoms with Crippen LogP contribution in [0.5, 0.6) is 0 Å². The Morgan fingerprint density at radius 3 is 2.09 bits per heavy atom. The molecule has 0 bridgehead atoms. The molecule has 4 heteroatoms. The molecule has 0 aliphatic rings. The molecule has 11 heavy (non-hydrogen) atoms. The summed E-state index contributed by atoms with van der Waals surface area (Å²) in [4.78, 5) is 0. The fraction of sp³-hybridized carbons (Fsp3) is 0.714. The van der Waals surface area contributed by atoms with Gasteiger partial charge in [0.15, 0.2) is 0 Å². The second-order valence-electron chi connectivity index (χ2n) is 2.83. The minimum Gasteiger partial charge on any atom is -0.411 e. The van der Waals surface area contributed by atoms with Crippen LogP contribution in [0.3, 0.4) is 0 Å². The molecule has 0 rings (SSSR count). The number of oxime groups is 2. The summed E-state index contributed by atoms with van der Waals surface area (Å²) in [5, 5.41) is 22.8. The first-order chi connectivity index (χ1) is 5.11. The third kappa shape index (κ3) is 3.60. The average Bonchev–Trinajstić information content (AvgIpc) is 1.98. The van der Waals surface area contributed by atoms with E-state index in [1.807, 2.05) is 13.8 Å². The number of nitrogens with zero attached hydrogens (tertiary/aromatic N) is 2. The van der Waals surface area contributed by atoms with E-state index >= 15 is 0 Å². The van der Waals surface area contributed by atoms with Crippen molar-refractivity contribution < 1.29 is 10.4 Å². The second-order valence-corrected chi connectivity index (χ2v) is 2.83. The van der Waals surface area contributed by atoms with E-state index in [0.717, 1.165) is 0 Å². The van der Waals surface area contributed by atoms with Gasteiger partial charge in [0.05, 0.1) is 0 Å². The maximum atomic E-state index is 8.47. The third-order valence-corrected chi connectivity index (χ3v) is 1.29. The molecule has 0 saturated carbocycles. The van der Waals surface area contributed by atoms with E-state index < -0.39 is 0 Å². The van der Waals surface area contributed by atoms with Crippen molar-refractivity contribution in [2.24, 2.45) is 16.2 Å². The van der Waals surface area contributed by atoms with E-state index in [9.17, 15) is 0 Å². The van der Waals surface area contributed by atoms with Gasteiger partial charge in [-0.15, -0.1) is 0 Å². The van der Waals surface area contributed by atoms with Crippen LogP contribution in [0.15, 0.2) is 10.3 Å². The lowest BCUT2D eigenvalue weighted by atomic mass is 10.0. The maximum absolute atomic E-state index is 8.47. The molecule has 0 spiro atoms. The zero-order valence-electron chi connectivity index (χ0n) is 7.07. The van der Waals surface area contributed by atoms with Crippen LogP contribution >= 0.6 is 0 Å². The molecule has 0 aromatic carbocycles. The molecule has 0 atom stereocenters. The summed E-state index contributed by atoms with van der Waals surface area (Å²) in [5.41, 5.74) is 0.795. The first-order valence-corrected chi connectivity index (χ1v) is 3.51. The zero-order chi connectivity index (χ0) is 8.85. The lowest BCUT2D eigenvalue weighted by Gasteiger charge is -2.04. The summed E-state index contributed by atoms with van der Waals surface area (Å²) in [6.07, 6.45) is 0.617. The van der Waals surface area contributed by atoms with Gasteiger partial charge in [-0.05, 0) is 19.3 Å². The summed E-state index contributed by atoms with van der Waals surface area (Å²) in [6, 6.07) is 0. The first kappa shape index (κ1) is 9.94. The van der Waals surface area contributed by atoms with Gasteiger partial charge in [0, 0.05) is 0 Å². The molecule has 2 N–H and O–H groups in total. The highest BCUT2D eigenvalue weighted by atomic mass is 16.4. The molecule has 0 aliphatic carbocycles. The van der Waals surface area contributed by atoms with Gasteiger partial charge in [0.25, 0.3) is 0 Å². The van der Waals surface area contributed by atoms with E-state index in [0.29, 0.717) is 23.8 Å². The fourth-order valence-corrected chi connectivity index (χ4v) is 0.705. The molecule has 64 valence electrons. The Balaban J connectivity index is 4.21. The van der Waals surface area contributed by atoms with Gasteiger partial charge >= 0.3 is 0 Å². The maximum Gasteiger partial charge on any atom is 0.104 e.